The van der Waals surface area contributed by atoms with Gasteiger partial charge in [-0.15, -0.1) is 0 Å². The zero-order valence-corrected chi connectivity index (χ0v) is 9.99. The highest BCUT2D eigenvalue weighted by Gasteiger charge is 2.26. The molecule has 1 unspecified atom stereocenters. The second kappa shape index (κ2) is 4.03. The molecule has 0 saturated carbocycles. The first kappa shape index (κ1) is 11.1. The predicted molar refractivity (Wildman–Crippen MR) is 66.8 cm³/mol. The number of hydrogen-bond donors (Lipinski definition) is 3. The van der Waals surface area contributed by atoms with Gasteiger partial charge in [0, 0.05) is 29.6 Å². The van der Waals surface area contributed by atoms with Gasteiger partial charge in [-0.3, -0.25) is 10.1 Å². The van der Waals surface area contributed by atoms with Crippen LogP contribution in [0.5, 0.6) is 5.75 Å². The summed E-state index contributed by atoms with van der Waals surface area (Å²) in [6.45, 7) is 0.559. The number of carboxylic acids is 1. The first-order valence-corrected chi connectivity index (χ1v) is 5.82. The highest BCUT2D eigenvalue weighted by molar-refractivity contribution is 5.87. The lowest BCUT2D eigenvalue weighted by Crippen LogP contribution is -2.41. The lowest BCUT2D eigenvalue weighted by atomic mass is 9.98. The van der Waals surface area contributed by atoms with E-state index >= 15 is 0 Å². The van der Waals surface area contributed by atoms with Crippen LogP contribution in [0.15, 0.2) is 18.2 Å². The molecule has 1 aliphatic heterocycles. The highest BCUT2D eigenvalue weighted by Crippen LogP contribution is 2.29. The fraction of sp³-hybridized carbons (Fsp3) is 0.308. The van der Waals surface area contributed by atoms with Crippen molar-refractivity contribution in [2.75, 3.05) is 7.11 Å². The summed E-state index contributed by atoms with van der Waals surface area (Å²) in [5, 5.41) is 13.1. The van der Waals surface area contributed by atoms with Crippen molar-refractivity contribution in [1.82, 2.24) is 10.3 Å². The lowest BCUT2D eigenvalue weighted by Gasteiger charge is -2.20. The monoisotopic (exact) mass is 246 g/mol. The minimum atomic E-state index is -0.808. The van der Waals surface area contributed by atoms with Gasteiger partial charge in [0.2, 0.25) is 0 Å². The third-order valence-corrected chi connectivity index (χ3v) is 3.43. The van der Waals surface area contributed by atoms with Crippen LogP contribution in [0.1, 0.15) is 11.3 Å². The molecule has 5 heteroatoms. The van der Waals surface area contributed by atoms with Crippen molar-refractivity contribution in [2.24, 2.45) is 0 Å². The number of ether oxygens (including phenoxy) is 1. The van der Waals surface area contributed by atoms with E-state index in [1.807, 2.05) is 18.2 Å². The van der Waals surface area contributed by atoms with Crippen LogP contribution in [0, 0.1) is 0 Å². The van der Waals surface area contributed by atoms with Crippen molar-refractivity contribution in [3.8, 4) is 5.75 Å². The first-order chi connectivity index (χ1) is 8.69. The number of rotatable bonds is 2. The Morgan fingerprint density at radius 3 is 3.06 bits per heavy atom. The molecule has 2 heterocycles. The predicted octanol–water partition coefficient (Wildman–Crippen LogP) is 1.28. The maximum atomic E-state index is 11.0. The molecule has 0 aliphatic carbocycles. The summed E-state index contributed by atoms with van der Waals surface area (Å²) in [6.07, 6.45) is 0.498. The van der Waals surface area contributed by atoms with Crippen molar-refractivity contribution in [3.05, 3.63) is 29.5 Å². The second-order valence-corrected chi connectivity index (χ2v) is 4.47. The molecule has 1 aromatic heterocycles. The molecule has 3 rings (SSSR count). The average molecular weight is 246 g/mol. The van der Waals surface area contributed by atoms with Gasteiger partial charge in [0.05, 0.1) is 7.11 Å². The van der Waals surface area contributed by atoms with E-state index in [2.05, 4.69) is 10.3 Å². The van der Waals surface area contributed by atoms with Crippen molar-refractivity contribution in [2.45, 2.75) is 19.0 Å². The summed E-state index contributed by atoms with van der Waals surface area (Å²) in [6, 6.07) is 5.30. The van der Waals surface area contributed by atoms with E-state index in [1.54, 1.807) is 7.11 Å². The molecule has 0 amide bonds. The smallest absolute Gasteiger partial charge is 0.321 e. The van der Waals surface area contributed by atoms with E-state index in [4.69, 9.17) is 9.84 Å². The van der Waals surface area contributed by atoms with Gasteiger partial charge < -0.3 is 14.8 Å². The van der Waals surface area contributed by atoms with E-state index in [0.717, 1.165) is 27.9 Å². The van der Waals surface area contributed by atoms with E-state index in [-0.39, 0.29) is 0 Å². The molecule has 5 nitrogen and oxygen atoms in total. The molecule has 0 spiro atoms. The second-order valence-electron chi connectivity index (χ2n) is 4.47. The zero-order chi connectivity index (χ0) is 12.7. The molecule has 0 fully saturated rings. The molecule has 0 bridgehead atoms. The maximum Gasteiger partial charge on any atom is 0.321 e. The summed E-state index contributed by atoms with van der Waals surface area (Å²) < 4.78 is 5.21. The largest absolute Gasteiger partial charge is 0.497 e. The number of fused-ring (bicyclic) bond motifs is 3. The Kier molecular flexibility index (Phi) is 2.48. The maximum absolute atomic E-state index is 11.0. The van der Waals surface area contributed by atoms with E-state index in [1.165, 1.54) is 0 Å². The normalized spacial score (nSPS) is 18.6. The molecule has 1 atom stereocenters. The molecule has 1 aromatic carbocycles. The summed E-state index contributed by atoms with van der Waals surface area (Å²) in [5.74, 6) is -0.0207. The van der Waals surface area contributed by atoms with E-state index < -0.39 is 12.0 Å². The number of benzene rings is 1. The summed E-state index contributed by atoms with van der Waals surface area (Å²) in [4.78, 5) is 14.4. The van der Waals surface area contributed by atoms with Crippen LogP contribution in [0.25, 0.3) is 10.9 Å². The number of aromatic nitrogens is 1. The van der Waals surface area contributed by atoms with Gasteiger partial charge in [-0.1, -0.05) is 0 Å². The summed E-state index contributed by atoms with van der Waals surface area (Å²) >= 11 is 0. The molecule has 18 heavy (non-hydrogen) atoms. The minimum absolute atomic E-state index is 0.498. The van der Waals surface area contributed by atoms with Gasteiger partial charge in [0.15, 0.2) is 0 Å². The van der Waals surface area contributed by atoms with Gasteiger partial charge in [-0.05, 0) is 23.8 Å². The van der Waals surface area contributed by atoms with Gasteiger partial charge in [-0.25, -0.2) is 0 Å². The molecule has 3 N–H and O–H groups in total. The Morgan fingerprint density at radius 1 is 1.50 bits per heavy atom. The van der Waals surface area contributed by atoms with Gasteiger partial charge in [-0.2, -0.15) is 0 Å². The Labute approximate surface area is 104 Å². The number of nitrogens with one attached hydrogen (secondary N) is 2. The van der Waals surface area contributed by atoms with Crippen molar-refractivity contribution in [3.63, 3.8) is 0 Å². The average Bonchev–Trinajstić information content (AvgIpc) is 2.75. The first-order valence-electron chi connectivity index (χ1n) is 5.82. The third kappa shape index (κ3) is 1.64. The van der Waals surface area contributed by atoms with Crippen LogP contribution in [0.4, 0.5) is 0 Å². The Hall–Kier alpha value is -2.01. The zero-order valence-electron chi connectivity index (χ0n) is 9.99. The lowest BCUT2D eigenvalue weighted by molar-refractivity contribution is -0.139. The van der Waals surface area contributed by atoms with Crippen molar-refractivity contribution in [1.29, 1.82) is 0 Å². The van der Waals surface area contributed by atoms with Crippen LogP contribution in [-0.2, 0) is 17.8 Å². The number of aliphatic carboxylic acids is 1. The number of aromatic amines is 1. The third-order valence-electron chi connectivity index (χ3n) is 3.43. The SMILES string of the molecule is COc1ccc2[nH]c3c(c2c1)CC(C(=O)O)NC3. The number of H-pyrrole nitrogens is 1. The van der Waals surface area contributed by atoms with Crippen LogP contribution in [0.2, 0.25) is 0 Å². The number of carbonyl (C=O) groups is 1. The molecule has 0 saturated heterocycles. The molecular weight excluding hydrogens is 232 g/mol. The summed E-state index contributed by atoms with van der Waals surface area (Å²) in [5.41, 5.74) is 3.17. The molecule has 0 radical (unpaired) electrons. The fourth-order valence-electron chi connectivity index (χ4n) is 2.47. The standard InChI is InChI=1S/C13H14N2O3/c1-18-7-2-3-10-8(4-7)9-5-11(13(16)17)14-6-12(9)15-10/h2-4,11,14-15H,5-6H2,1H3,(H,16,17). The molecule has 1 aliphatic rings. The number of methoxy groups -OCH3 is 1. The van der Waals surface area contributed by atoms with E-state index in [0.29, 0.717) is 13.0 Å². The van der Waals surface area contributed by atoms with Crippen molar-refractivity contribution >= 4 is 16.9 Å². The quantitative estimate of drug-likeness (QED) is 0.746. The fourth-order valence-corrected chi connectivity index (χ4v) is 2.47. The molecular formula is C13H14N2O3. The topological polar surface area (TPSA) is 74.4 Å². The molecule has 94 valence electrons. The van der Waals surface area contributed by atoms with Crippen LogP contribution >= 0.6 is 0 Å². The van der Waals surface area contributed by atoms with E-state index in [9.17, 15) is 4.79 Å². The molecule has 2 aromatic rings. The van der Waals surface area contributed by atoms with Gasteiger partial charge in [0.25, 0.3) is 0 Å². The number of carboxylic acid groups (broad SMARTS) is 1. The Bertz CT molecular complexity index is 618. The Balaban J connectivity index is 2.10. The Morgan fingerprint density at radius 2 is 2.33 bits per heavy atom. The van der Waals surface area contributed by atoms with Crippen LogP contribution < -0.4 is 10.1 Å². The minimum Gasteiger partial charge on any atom is -0.497 e. The van der Waals surface area contributed by atoms with Gasteiger partial charge >= 0.3 is 5.97 Å². The van der Waals surface area contributed by atoms with Crippen LogP contribution in [0.3, 0.4) is 0 Å². The van der Waals surface area contributed by atoms with Gasteiger partial charge in [0.1, 0.15) is 11.8 Å². The number of hydrogen-bond acceptors (Lipinski definition) is 3. The van der Waals surface area contributed by atoms with Crippen molar-refractivity contribution < 1.29 is 14.6 Å². The van der Waals surface area contributed by atoms with Crippen LogP contribution in [-0.4, -0.2) is 29.2 Å². The summed E-state index contributed by atoms with van der Waals surface area (Å²) in [7, 11) is 1.63. The highest BCUT2D eigenvalue weighted by atomic mass is 16.5.